The van der Waals surface area contributed by atoms with Crippen LogP contribution in [0, 0.1) is 0 Å². The van der Waals surface area contributed by atoms with Crippen LogP contribution in [0.2, 0.25) is 0 Å². The molecule has 0 bridgehead atoms. The lowest BCUT2D eigenvalue weighted by atomic mass is 10.1. The van der Waals surface area contributed by atoms with Gasteiger partial charge in [-0.15, -0.1) is 11.8 Å². The van der Waals surface area contributed by atoms with Gasteiger partial charge in [-0.1, -0.05) is 29.5 Å². The number of carbonyl (C=O) groups excluding carboxylic acids is 3. The van der Waals surface area contributed by atoms with Gasteiger partial charge < -0.3 is 34.9 Å². The van der Waals surface area contributed by atoms with Gasteiger partial charge in [0.05, 0.1) is 43.9 Å². The Labute approximate surface area is 291 Å². The second-order valence-corrected chi connectivity index (χ2v) is 12.3. The molecule has 0 saturated heterocycles. The first-order chi connectivity index (χ1) is 23.8. The third-order valence-corrected chi connectivity index (χ3v) is 8.87. The van der Waals surface area contributed by atoms with Gasteiger partial charge in [-0.25, -0.2) is 4.98 Å². The smallest absolute Gasteiger partial charge is 0.272 e. The highest BCUT2D eigenvalue weighted by Gasteiger charge is 2.18. The van der Waals surface area contributed by atoms with E-state index in [0.29, 0.717) is 45.8 Å². The van der Waals surface area contributed by atoms with Gasteiger partial charge in [-0.3, -0.25) is 14.4 Å². The quantitative estimate of drug-likeness (QED) is 0.0839. The van der Waals surface area contributed by atoms with Crippen molar-refractivity contribution < 1.29 is 33.3 Å². The minimum atomic E-state index is -0.554. The summed E-state index contributed by atoms with van der Waals surface area (Å²) in [6.07, 6.45) is 1.52. The third kappa shape index (κ3) is 9.09. The lowest BCUT2D eigenvalue weighted by molar-refractivity contribution is -0.114. The topological polar surface area (TPSA) is 137 Å². The standard InChI is InChI=1S/C36H34N4O7S2/c1-5-47-25-13-16-27-31(20-25)49-36(39-27)40-32(41)21-48-26-14-11-24(12-15-26)37-35(43)28(38-34(42)23-9-7-6-8-10-23)17-22-18-29(44-2)33(46-4)30(19-22)45-3/h6-20H,5,21H2,1-4H3,(H,37,43)(H,38,42)(H,39,40,41)/b28-17-. The van der Waals surface area contributed by atoms with Crippen LogP contribution in [-0.4, -0.2) is 56.4 Å². The van der Waals surface area contributed by atoms with Gasteiger partial charge in [0.25, 0.3) is 11.8 Å². The predicted molar refractivity (Wildman–Crippen MR) is 193 cm³/mol. The van der Waals surface area contributed by atoms with Gasteiger partial charge in [0, 0.05) is 16.1 Å². The number of benzene rings is 4. The van der Waals surface area contributed by atoms with Crippen molar-refractivity contribution >= 4 is 67.9 Å². The number of hydrogen-bond acceptors (Lipinski definition) is 10. The van der Waals surface area contributed by atoms with E-state index in [1.807, 2.05) is 25.1 Å². The maximum atomic E-state index is 13.6. The SMILES string of the molecule is CCOc1ccc2nc(NC(=O)CSc3ccc(NC(=O)/C(=C/c4cc(OC)c(OC)c(OC)c4)NC(=O)c4ccccc4)cc3)sc2c1. The third-order valence-electron chi connectivity index (χ3n) is 6.93. The fourth-order valence-corrected chi connectivity index (χ4v) is 6.25. The average Bonchev–Trinajstić information content (AvgIpc) is 3.52. The molecule has 3 amide bonds. The molecule has 0 unspecified atom stereocenters. The summed E-state index contributed by atoms with van der Waals surface area (Å²) in [5, 5.41) is 8.93. The number of anilines is 2. The molecule has 5 rings (SSSR count). The molecule has 49 heavy (non-hydrogen) atoms. The lowest BCUT2D eigenvalue weighted by Crippen LogP contribution is -2.30. The highest BCUT2D eigenvalue weighted by molar-refractivity contribution is 8.00. The van der Waals surface area contributed by atoms with E-state index in [9.17, 15) is 14.4 Å². The van der Waals surface area contributed by atoms with Crippen molar-refractivity contribution in [3.8, 4) is 23.0 Å². The highest BCUT2D eigenvalue weighted by atomic mass is 32.2. The Hall–Kier alpha value is -5.53. The van der Waals surface area contributed by atoms with Crippen LogP contribution in [0.3, 0.4) is 0 Å². The van der Waals surface area contributed by atoms with Crippen molar-refractivity contribution in [1.82, 2.24) is 10.3 Å². The molecule has 1 aromatic heterocycles. The zero-order chi connectivity index (χ0) is 34.8. The molecule has 252 valence electrons. The van der Waals surface area contributed by atoms with Crippen LogP contribution in [-0.2, 0) is 9.59 Å². The molecule has 0 spiro atoms. The summed E-state index contributed by atoms with van der Waals surface area (Å²) in [5.41, 5.74) is 2.18. The minimum absolute atomic E-state index is 0.0118. The van der Waals surface area contributed by atoms with Crippen molar-refractivity contribution in [1.29, 1.82) is 0 Å². The van der Waals surface area contributed by atoms with Crippen LogP contribution >= 0.6 is 23.1 Å². The van der Waals surface area contributed by atoms with E-state index in [-0.39, 0.29) is 17.4 Å². The highest BCUT2D eigenvalue weighted by Crippen LogP contribution is 2.39. The zero-order valence-corrected chi connectivity index (χ0v) is 28.8. The van der Waals surface area contributed by atoms with Crippen LogP contribution in [0.1, 0.15) is 22.8 Å². The molecule has 13 heteroatoms. The Balaban J connectivity index is 1.26. The molecule has 0 fully saturated rings. The van der Waals surface area contributed by atoms with Gasteiger partial charge in [0.15, 0.2) is 16.6 Å². The van der Waals surface area contributed by atoms with Gasteiger partial charge in [0.2, 0.25) is 11.7 Å². The van der Waals surface area contributed by atoms with Gasteiger partial charge in [-0.05, 0) is 85.3 Å². The number of rotatable bonds is 14. The summed E-state index contributed by atoms with van der Waals surface area (Å²) in [6.45, 7) is 2.49. The lowest BCUT2D eigenvalue weighted by Gasteiger charge is -2.15. The van der Waals surface area contributed by atoms with Gasteiger partial charge >= 0.3 is 0 Å². The van der Waals surface area contributed by atoms with Crippen LogP contribution in [0.4, 0.5) is 10.8 Å². The molecule has 0 aliphatic heterocycles. The molecule has 0 atom stereocenters. The average molecular weight is 699 g/mol. The molecule has 0 saturated carbocycles. The number of fused-ring (bicyclic) bond motifs is 1. The van der Waals surface area contributed by atoms with E-state index in [4.69, 9.17) is 18.9 Å². The van der Waals surface area contributed by atoms with E-state index in [0.717, 1.165) is 20.9 Å². The van der Waals surface area contributed by atoms with Gasteiger partial charge in [0.1, 0.15) is 11.4 Å². The first kappa shape index (κ1) is 34.8. The Morgan fingerprint density at radius 3 is 2.22 bits per heavy atom. The van der Waals surface area contributed by atoms with Gasteiger partial charge in [-0.2, -0.15) is 0 Å². The van der Waals surface area contributed by atoms with Crippen LogP contribution < -0.4 is 34.9 Å². The van der Waals surface area contributed by atoms with E-state index >= 15 is 0 Å². The summed E-state index contributed by atoms with van der Waals surface area (Å²) in [7, 11) is 4.48. The number of amides is 3. The maximum absolute atomic E-state index is 13.6. The van der Waals surface area contributed by atoms with Crippen molar-refractivity contribution in [3.05, 3.63) is 102 Å². The Morgan fingerprint density at radius 1 is 0.857 bits per heavy atom. The van der Waals surface area contributed by atoms with Crippen molar-refractivity contribution in [2.45, 2.75) is 11.8 Å². The molecule has 3 N–H and O–H groups in total. The summed E-state index contributed by atoms with van der Waals surface area (Å²) in [6, 6.07) is 24.6. The molecule has 0 radical (unpaired) electrons. The molecule has 4 aromatic carbocycles. The first-order valence-electron chi connectivity index (χ1n) is 15.1. The van der Waals surface area contributed by atoms with Crippen molar-refractivity contribution in [2.24, 2.45) is 0 Å². The van der Waals surface area contributed by atoms with E-state index < -0.39 is 11.8 Å². The van der Waals surface area contributed by atoms with E-state index in [2.05, 4.69) is 20.9 Å². The Bertz CT molecular complexity index is 1950. The fourth-order valence-electron chi connectivity index (χ4n) is 4.65. The number of thioether (sulfide) groups is 1. The molecule has 5 aromatic rings. The first-order valence-corrected chi connectivity index (χ1v) is 16.9. The van der Waals surface area contributed by atoms with Crippen LogP contribution in [0.15, 0.2) is 95.5 Å². The largest absolute Gasteiger partial charge is 0.494 e. The predicted octanol–water partition coefficient (Wildman–Crippen LogP) is 6.86. The second kappa shape index (κ2) is 16.5. The number of hydrogen-bond donors (Lipinski definition) is 3. The number of carbonyl (C=O) groups is 3. The Morgan fingerprint density at radius 2 is 1.57 bits per heavy atom. The summed E-state index contributed by atoms with van der Waals surface area (Å²) < 4.78 is 22.8. The molecule has 1 heterocycles. The fraction of sp³-hybridized carbons (Fsp3) is 0.167. The molecular formula is C36H34N4O7S2. The van der Waals surface area contributed by atoms with Crippen LogP contribution in [0.5, 0.6) is 23.0 Å². The summed E-state index contributed by atoms with van der Waals surface area (Å²) >= 11 is 2.73. The van der Waals surface area contributed by atoms with E-state index in [1.165, 1.54) is 50.5 Å². The number of nitrogens with zero attached hydrogens (tertiary/aromatic N) is 1. The number of methoxy groups -OCH3 is 3. The van der Waals surface area contributed by atoms with Crippen molar-refractivity contribution in [3.63, 3.8) is 0 Å². The van der Waals surface area contributed by atoms with Crippen LogP contribution in [0.25, 0.3) is 16.3 Å². The molecule has 11 nitrogen and oxygen atoms in total. The molecular weight excluding hydrogens is 665 g/mol. The normalized spacial score (nSPS) is 11.1. The number of thiazole rings is 1. The summed E-state index contributed by atoms with van der Waals surface area (Å²) in [5.74, 6) is 0.892. The second-order valence-electron chi connectivity index (χ2n) is 10.2. The number of nitrogens with one attached hydrogen (secondary N) is 3. The summed E-state index contributed by atoms with van der Waals surface area (Å²) in [4.78, 5) is 44.6. The minimum Gasteiger partial charge on any atom is -0.494 e. The Kier molecular flexibility index (Phi) is 11.7. The van der Waals surface area contributed by atoms with E-state index in [1.54, 1.807) is 66.7 Å². The molecule has 0 aliphatic carbocycles. The monoisotopic (exact) mass is 698 g/mol. The molecule has 0 aliphatic rings. The maximum Gasteiger partial charge on any atom is 0.272 e. The zero-order valence-electron chi connectivity index (χ0n) is 27.2. The van der Waals surface area contributed by atoms with Crippen molar-refractivity contribution in [2.75, 3.05) is 44.3 Å². The number of aromatic nitrogens is 1. The number of ether oxygens (including phenoxy) is 4.